The quantitative estimate of drug-likeness (QED) is 0.142. The van der Waals surface area contributed by atoms with Crippen LogP contribution < -0.4 is 9.47 Å². The van der Waals surface area contributed by atoms with Crippen LogP contribution in [-0.4, -0.2) is 71.2 Å². The normalized spacial score (nSPS) is 17.2. The van der Waals surface area contributed by atoms with Crippen LogP contribution in [0.4, 0.5) is 0 Å². The number of ether oxygens (including phenoxy) is 4. The second kappa shape index (κ2) is 14.0. The van der Waals surface area contributed by atoms with Gasteiger partial charge in [-0.2, -0.15) is 0 Å². The first-order valence-corrected chi connectivity index (χ1v) is 16.0. The van der Waals surface area contributed by atoms with Gasteiger partial charge in [-0.15, -0.1) is 0 Å². The molecule has 0 aliphatic carbocycles. The number of carbonyl (C=O) groups excluding carboxylic acids is 2. The van der Waals surface area contributed by atoms with Gasteiger partial charge < -0.3 is 23.5 Å². The molecule has 0 unspecified atom stereocenters. The number of pyridine rings is 1. The molecule has 1 atom stereocenters. The van der Waals surface area contributed by atoms with E-state index < -0.39 is 0 Å². The maximum absolute atomic E-state index is 12.4. The van der Waals surface area contributed by atoms with E-state index in [-0.39, 0.29) is 23.8 Å². The standard InChI is InChI=1S/C36H42N4O6/c1-23(2)35(41)25-8-9-27(32(19-25)43-3)22-46-34-7-5-6-29(38-34)24-12-15-39(16-13-24)21-33-37-30-11-10-26(36(42)44-4)18-31(30)40(33)20-28-14-17-45-28/h5-11,18-19,23-24,28H,12-17,20-22H2,1-4H3/t28-/m0/s1. The van der Waals surface area contributed by atoms with Gasteiger partial charge in [0.2, 0.25) is 5.88 Å². The third kappa shape index (κ3) is 6.93. The minimum atomic E-state index is -0.352. The van der Waals surface area contributed by atoms with Crippen molar-refractivity contribution in [1.29, 1.82) is 0 Å². The van der Waals surface area contributed by atoms with Crippen LogP contribution >= 0.6 is 0 Å². The zero-order valence-corrected chi connectivity index (χ0v) is 27.0. The summed E-state index contributed by atoms with van der Waals surface area (Å²) in [6.07, 6.45) is 3.15. The van der Waals surface area contributed by atoms with Crippen molar-refractivity contribution in [2.45, 2.75) is 64.8 Å². The number of piperidine rings is 1. The van der Waals surface area contributed by atoms with Gasteiger partial charge in [-0.1, -0.05) is 32.0 Å². The number of nitrogens with zero attached hydrogens (tertiary/aromatic N) is 4. The van der Waals surface area contributed by atoms with Crippen LogP contribution in [0.25, 0.3) is 11.0 Å². The molecule has 242 valence electrons. The summed E-state index contributed by atoms with van der Waals surface area (Å²) in [5.74, 6) is 2.17. The second-order valence-corrected chi connectivity index (χ2v) is 12.4. The molecule has 2 aliphatic rings. The number of benzene rings is 2. The number of methoxy groups -OCH3 is 2. The lowest BCUT2D eigenvalue weighted by Crippen LogP contribution is -2.35. The summed E-state index contributed by atoms with van der Waals surface area (Å²) in [4.78, 5) is 36.9. The first-order chi connectivity index (χ1) is 22.3. The van der Waals surface area contributed by atoms with Gasteiger partial charge in [0.05, 0.1) is 50.0 Å². The Kier molecular flexibility index (Phi) is 9.65. The maximum Gasteiger partial charge on any atom is 0.337 e. The minimum absolute atomic E-state index is 0.0798. The van der Waals surface area contributed by atoms with Crippen LogP contribution in [0.15, 0.2) is 54.6 Å². The molecule has 0 amide bonds. The number of Topliss-reactive ketones (excluding diaryl/α,β-unsaturated/α-hetero) is 1. The molecular weight excluding hydrogens is 584 g/mol. The fourth-order valence-electron chi connectivity index (χ4n) is 6.20. The Hall–Kier alpha value is -4.28. The first kappa shape index (κ1) is 31.7. The van der Waals surface area contributed by atoms with Crippen LogP contribution in [0.3, 0.4) is 0 Å². The van der Waals surface area contributed by atoms with Crippen molar-refractivity contribution in [2.24, 2.45) is 5.92 Å². The Labute approximate surface area is 269 Å². The number of aromatic nitrogens is 3. The highest BCUT2D eigenvalue weighted by Crippen LogP contribution is 2.30. The van der Waals surface area contributed by atoms with E-state index in [1.807, 2.05) is 50.2 Å². The van der Waals surface area contributed by atoms with E-state index in [2.05, 4.69) is 15.5 Å². The van der Waals surface area contributed by atoms with Gasteiger partial charge in [0.15, 0.2) is 5.78 Å². The smallest absolute Gasteiger partial charge is 0.337 e. The van der Waals surface area contributed by atoms with Gasteiger partial charge in [-0.3, -0.25) is 9.69 Å². The molecule has 2 saturated heterocycles. The Bertz CT molecular complexity index is 1700. The number of carbonyl (C=O) groups is 2. The molecule has 10 heteroatoms. The van der Waals surface area contributed by atoms with Crippen LogP contribution in [-0.2, 0) is 29.2 Å². The molecule has 0 radical (unpaired) electrons. The zero-order chi connectivity index (χ0) is 32.2. The first-order valence-electron chi connectivity index (χ1n) is 16.0. The number of hydrogen-bond acceptors (Lipinski definition) is 9. The maximum atomic E-state index is 12.4. The van der Waals surface area contributed by atoms with Gasteiger partial charge in [-0.25, -0.2) is 14.8 Å². The van der Waals surface area contributed by atoms with Crippen LogP contribution in [0.2, 0.25) is 0 Å². The lowest BCUT2D eigenvalue weighted by molar-refractivity contribution is -0.0592. The van der Waals surface area contributed by atoms with E-state index in [0.717, 1.165) is 80.2 Å². The molecule has 2 aromatic carbocycles. The van der Waals surface area contributed by atoms with Crippen molar-refractivity contribution >= 4 is 22.8 Å². The number of imidazole rings is 1. The van der Waals surface area contributed by atoms with E-state index in [1.165, 1.54) is 7.11 Å². The Morgan fingerprint density at radius 3 is 2.46 bits per heavy atom. The summed E-state index contributed by atoms with van der Waals surface area (Å²) in [6.45, 7) is 8.15. The molecule has 6 rings (SSSR count). The van der Waals surface area contributed by atoms with Gasteiger partial charge in [-0.05, 0) is 62.7 Å². The van der Waals surface area contributed by atoms with Gasteiger partial charge in [0, 0.05) is 41.3 Å². The highest BCUT2D eigenvalue weighted by Gasteiger charge is 2.26. The third-order valence-corrected chi connectivity index (χ3v) is 9.02. The van der Waals surface area contributed by atoms with Crippen molar-refractivity contribution < 1.29 is 28.5 Å². The summed E-state index contributed by atoms with van der Waals surface area (Å²) in [5, 5.41) is 0. The van der Waals surface area contributed by atoms with E-state index in [0.29, 0.717) is 35.3 Å². The molecule has 10 nitrogen and oxygen atoms in total. The topological polar surface area (TPSA) is 105 Å². The van der Waals surface area contributed by atoms with Crippen molar-refractivity contribution in [3.05, 3.63) is 82.8 Å². The fraction of sp³-hybridized carbons (Fsp3) is 0.444. The highest BCUT2D eigenvalue weighted by molar-refractivity contribution is 5.98. The molecule has 46 heavy (non-hydrogen) atoms. The molecular formula is C36H42N4O6. The molecule has 4 aromatic rings. The number of rotatable bonds is 12. The number of esters is 1. The molecule has 0 spiro atoms. The molecule has 4 heterocycles. The lowest BCUT2D eigenvalue weighted by Gasteiger charge is -2.32. The number of hydrogen-bond donors (Lipinski definition) is 0. The van der Waals surface area contributed by atoms with Gasteiger partial charge in [0.1, 0.15) is 18.2 Å². The second-order valence-electron chi connectivity index (χ2n) is 12.4. The van der Waals surface area contributed by atoms with Gasteiger partial charge >= 0.3 is 5.97 Å². The van der Waals surface area contributed by atoms with Crippen LogP contribution in [0.5, 0.6) is 11.6 Å². The van der Waals surface area contributed by atoms with Gasteiger partial charge in [0.25, 0.3) is 0 Å². The lowest BCUT2D eigenvalue weighted by atomic mass is 9.93. The zero-order valence-electron chi connectivity index (χ0n) is 27.0. The molecule has 0 N–H and O–H groups in total. The average molecular weight is 627 g/mol. The largest absolute Gasteiger partial charge is 0.496 e. The number of ketones is 1. The Balaban J connectivity index is 1.09. The summed E-state index contributed by atoms with van der Waals surface area (Å²) < 4.78 is 24.6. The summed E-state index contributed by atoms with van der Waals surface area (Å²) in [7, 11) is 3.00. The molecule has 0 bridgehead atoms. The molecule has 2 fully saturated rings. The predicted octanol–water partition coefficient (Wildman–Crippen LogP) is 5.81. The Morgan fingerprint density at radius 2 is 1.76 bits per heavy atom. The minimum Gasteiger partial charge on any atom is -0.496 e. The number of fused-ring (bicyclic) bond motifs is 1. The molecule has 2 aliphatic heterocycles. The SMILES string of the molecule is COC(=O)c1ccc2nc(CN3CCC(c4cccc(OCc5ccc(C(=O)C(C)C)cc5OC)n4)CC3)n(C[C@@H]3CCO3)c2c1. The number of likely N-dealkylation sites (tertiary alicyclic amines) is 1. The van der Waals surface area contributed by atoms with Crippen LogP contribution in [0, 0.1) is 5.92 Å². The highest BCUT2D eigenvalue weighted by atomic mass is 16.5. The monoisotopic (exact) mass is 626 g/mol. The van der Waals surface area contributed by atoms with E-state index in [4.69, 9.17) is 28.9 Å². The van der Waals surface area contributed by atoms with E-state index in [9.17, 15) is 9.59 Å². The third-order valence-electron chi connectivity index (χ3n) is 9.02. The van der Waals surface area contributed by atoms with Crippen molar-refractivity contribution in [3.8, 4) is 11.6 Å². The summed E-state index contributed by atoms with van der Waals surface area (Å²) in [5.41, 5.74) is 4.86. The van der Waals surface area contributed by atoms with Crippen molar-refractivity contribution in [2.75, 3.05) is 33.9 Å². The van der Waals surface area contributed by atoms with Crippen molar-refractivity contribution in [1.82, 2.24) is 19.4 Å². The molecule has 0 saturated carbocycles. The summed E-state index contributed by atoms with van der Waals surface area (Å²) in [6, 6.07) is 17.0. The summed E-state index contributed by atoms with van der Waals surface area (Å²) >= 11 is 0. The van der Waals surface area contributed by atoms with E-state index >= 15 is 0 Å². The molecule has 2 aromatic heterocycles. The Morgan fingerprint density at radius 1 is 0.978 bits per heavy atom. The fourth-order valence-corrected chi connectivity index (χ4v) is 6.20. The predicted molar refractivity (Wildman–Crippen MR) is 173 cm³/mol. The van der Waals surface area contributed by atoms with Crippen molar-refractivity contribution in [3.63, 3.8) is 0 Å². The van der Waals surface area contributed by atoms with Crippen LogP contribution in [0.1, 0.15) is 76.8 Å². The average Bonchev–Trinajstić information content (AvgIpc) is 3.40. The van der Waals surface area contributed by atoms with E-state index in [1.54, 1.807) is 19.2 Å².